The van der Waals surface area contributed by atoms with Gasteiger partial charge in [0.2, 0.25) is 0 Å². The molecule has 0 aliphatic heterocycles. The summed E-state index contributed by atoms with van der Waals surface area (Å²) in [5.74, 6) is 0. The Bertz CT molecular complexity index is 340. The molecule has 7 heteroatoms. The lowest BCUT2D eigenvalue weighted by atomic mass is 9.83. The van der Waals surface area contributed by atoms with Crippen LogP contribution in [0, 0.1) is 5.41 Å². The van der Waals surface area contributed by atoms with E-state index in [1.54, 1.807) is 0 Å². The van der Waals surface area contributed by atoms with E-state index in [2.05, 4.69) is 56.6 Å². The first-order valence-corrected chi connectivity index (χ1v) is 13.2. The molecule has 0 amide bonds. The highest BCUT2D eigenvalue weighted by Gasteiger charge is 2.44. The van der Waals surface area contributed by atoms with E-state index in [0.29, 0.717) is 19.8 Å². The molecule has 0 saturated heterocycles. The van der Waals surface area contributed by atoms with Crippen molar-refractivity contribution in [2.24, 2.45) is 5.41 Å². The molecule has 0 radical (unpaired) electrons. The van der Waals surface area contributed by atoms with Gasteiger partial charge < -0.3 is 28.0 Å². The normalized spacial score (nSPS) is 13.3. The Morgan fingerprint density at radius 2 is 0.929 bits per heavy atom. The van der Waals surface area contributed by atoms with Crippen LogP contribution in [0.3, 0.4) is 0 Å². The van der Waals surface area contributed by atoms with Crippen molar-refractivity contribution in [3.05, 3.63) is 0 Å². The van der Waals surface area contributed by atoms with Gasteiger partial charge in [-0.15, -0.1) is 0 Å². The first-order chi connectivity index (χ1) is 13.3. The zero-order valence-electron chi connectivity index (χ0n) is 20.3. The molecule has 0 bridgehead atoms. The van der Waals surface area contributed by atoms with Crippen LogP contribution in [0.2, 0.25) is 6.04 Å². The third-order valence-electron chi connectivity index (χ3n) is 5.49. The predicted molar refractivity (Wildman–Crippen MR) is 122 cm³/mol. The molecule has 0 aliphatic carbocycles. The van der Waals surface area contributed by atoms with Crippen LogP contribution in [0.15, 0.2) is 0 Å². The Morgan fingerprint density at radius 3 is 1.18 bits per heavy atom. The van der Waals surface area contributed by atoms with Crippen LogP contribution >= 0.6 is 0 Å². The van der Waals surface area contributed by atoms with Crippen LogP contribution in [0.5, 0.6) is 0 Å². The van der Waals surface area contributed by atoms with Gasteiger partial charge in [-0.25, -0.2) is 0 Å². The van der Waals surface area contributed by atoms with E-state index in [1.165, 1.54) is 0 Å². The van der Waals surface area contributed by atoms with Gasteiger partial charge in [0.15, 0.2) is 0 Å². The molecule has 28 heavy (non-hydrogen) atoms. The second kappa shape index (κ2) is 14.9. The summed E-state index contributed by atoms with van der Waals surface area (Å²) in [4.78, 5) is 7.33. The summed E-state index contributed by atoms with van der Waals surface area (Å²) in [6, 6.07) is 0.870. The quantitative estimate of drug-likeness (QED) is 0.317. The molecule has 0 fully saturated rings. The summed E-state index contributed by atoms with van der Waals surface area (Å²) in [5.41, 5.74) is 0.143. The Balaban J connectivity index is 5.73. The maximum absolute atomic E-state index is 6.15. The minimum absolute atomic E-state index is 0.143. The molecule has 0 aromatic carbocycles. The molecule has 0 N–H and O–H groups in total. The van der Waals surface area contributed by atoms with Gasteiger partial charge >= 0.3 is 8.80 Å². The molecule has 170 valence electrons. The Kier molecular flexibility index (Phi) is 14.9. The summed E-state index contributed by atoms with van der Waals surface area (Å²) in [6.07, 6.45) is 1.04. The second-order valence-corrected chi connectivity index (χ2v) is 10.7. The molecule has 0 saturated carbocycles. The fraction of sp³-hybridized carbons (Fsp3) is 1.00. The van der Waals surface area contributed by atoms with Crippen molar-refractivity contribution in [1.82, 2.24) is 14.7 Å². The summed E-state index contributed by atoms with van der Waals surface area (Å²) in [5, 5.41) is 0. The Labute approximate surface area is 176 Å². The average Bonchev–Trinajstić information content (AvgIpc) is 2.66. The lowest BCUT2D eigenvalue weighted by Crippen LogP contribution is -2.53. The summed E-state index contributed by atoms with van der Waals surface area (Å²) >= 11 is 0. The predicted octanol–water partition coefficient (Wildman–Crippen LogP) is 3.27. The van der Waals surface area contributed by atoms with Crippen molar-refractivity contribution in [1.29, 1.82) is 0 Å². The van der Waals surface area contributed by atoms with Crippen molar-refractivity contribution >= 4 is 8.80 Å². The summed E-state index contributed by atoms with van der Waals surface area (Å²) in [7, 11) is 4.04. The molecular weight excluding hydrogens is 370 g/mol. The Morgan fingerprint density at radius 1 is 0.607 bits per heavy atom. The average molecular weight is 420 g/mol. The smallest absolute Gasteiger partial charge is 0.374 e. The second-order valence-electron chi connectivity index (χ2n) is 7.97. The highest BCUT2D eigenvalue weighted by Crippen LogP contribution is 2.32. The lowest BCUT2D eigenvalue weighted by Gasteiger charge is -2.43. The third kappa shape index (κ3) is 10.1. The molecule has 0 aliphatic rings. The van der Waals surface area contributed by atoms with Crippen LogP contribution in [0.25, 0.3) is 0 Å². The largest absolute Gasteiger partial charge is 0.500 e. The first-order valence-electron chi connectivity index (χ1n) is 11.2. The molecule has 0 aromatic heterocycles. The van der Waals surface area contributed by atoms with Crippen LogP contribution in [-0.4, -0.2) is 104 Å². The molecule has 0 rings (SSSR count). The minimum atomic E-state index is -2.64. The Hall–Kier alpha value is -0.0231. The van der Waals surface area contributed by atoms with Crippen LogP contribution < -0.4 is 0 Å². The number of hydrogen-bond acceptors (Lipinski definition) is 6. The van der Waals surface area contributed by atoms with Gasteiger partial charge in [-0.05, 0) is 68.0 Å². The first kappa shape index (κ1) is 28.0. The fourth-order valence-electron chi connectivity index (χ4n) is 3.86. The monoisotopic (exact) mass is 419 g/mol. The minimum Gasteiger partial charge on any atom is -0.374 e. The van der Waals surface area contributed by atoms with Gasteiger partial charge in [0.05, 0.1) is 0 Å². The molecule has 0 aromatic rings. The van der Waals surface area contributed by atoms with E-state index in [4.69, 9.17) is 13.3 Å². The maximum atomic E-state index is 6.15. The van der Waals surface area contributed by atoms with E-state index in [1.807, 2.05) is 20.8 Å². The third-order valence-corrected chi connectivity index (χ3v) is 8.54. The number of nitrogens with zero attached hydrogens (tertiary/aromatic N) is 3. The van der Waals surface area contributed by atoms with Crippen molar-refractivity contribution in [3.8, 4) is 0 Å². The maximum Gasteiger partial charge on any atom is 0.500 e. The zero-order valence-corrected chi connectivity index (χ0v) is 21.3. The van der Waals surface area contributed by atoms with Crippen LogP contribution in [-0.2, 0) is 13.3 Å². The van der Waals surface area contributed by atoms with Gasteiger partial charge in [-0.1, -0.05) is 20.8 Å². The number of rotatable bonds is 18. The van der Waals surface area contributed by atoms with Gasteiger partial charge in [0.25, 0.3) is 0 Å². The molecule has 0 unspecified atom stereocenters. The molecular formula is C21H49N3O3Si. The standard InChI is InChI=1S/C21H49N3O3Si/c1-10-22(7)18-21(19-23(8)11-2,20-24(9)12-3)16-17-28(25-13-4,26-14-5)27-15-6/h10-20H2,1-9H3. The molecule has 0 heterocycles. The topological polar surface area (TPSA) is 37.4 Å². The molecule has 0 spiro atoms. The molecule has 0 atom stereocenters. The fourth-order valence-corrected chi connectivity index (χ4v) is 6.70. The summed E-state index contributed by atoms with van der Waals surface area (Å²) in [6.45, 7) is 21.1. The van der Waals surface area contributed by atoms with E-state index < -0.39 is 8.80 Å². The number of hydrogen-bond donors (Lipinski definition) is 0. The van der Waals surface area contributed by atoms with Gasteiger partial charge in [0.1, 0.15) is 0 Å². The van der Waals surface area contributed by atoms with E-state index in [0.717, 1.165) is 51.7 Å². The van der Waals surface area contributed by atoms with Crippen molar-refractivity contribution in [3.63, 3.8) is 0 Å². The van der Waals surface area contributed by atoms with Crippen molar-refractivity contribution < 1.29 is 13.3 Å². The highest BCUT2D eigenvalue weighted by molar-refractivity contribution is 6.60. The molecule has 6 nitrogen and oxygen atoms in total. The van der Waals surface area contributed by atoms with E-state index in [-0.39, 0.29) is 5.41 Å². The highest BCUT2D eigenvalue weighted by atomic mass is 28.4. The zero-order chi connectivity index (χ0) is 21.6. The summed E-state index contributed by atoms with van der Waals surface area (Å²) < 4.78 is 18.5. The van der Waals surface area contributed by atoms with Gasteiger partial charge in [0, 0.05) is 50.9 Å². The van der Waals surface area contributed by atoms with E-state index in [9.17, 15) is 0 Å². The SMILES string of the molecule is CCO[Si](CCC(CN(C)CC)(CN(C)CC)CN(C)CC)(OCC)OCC. The van der Waals surface area contributed by atoms with Crippen LogP contribution in [0.1, 0.15) is 48.0 Å². The van der Waals surface area contributed by atoms with Gasteiger partial charge in [-0.3, -0.25) is 0 Å². The lowest BCUT2D eigenvalue weighted by molar-refractivity contribution is 0.0502. The van der Waals surface area contributed by atoms with Crippen molar-refractivity contribution in [2.45, 2.75) is 54.0 Å². The van der Waals surface area contributed by atoms with Crippen LogP contribution in [0.4, 0.5) is 0 Å². The van der Waals surface area contributed by atoms with E-state index >= 15 is 0 Å². The van der Waals surface area contributed by atoms with Gasteiger partial charge in [-0.2, -0.15) is 0 Å². The van der Waals surface area contributed by atoms with Crippen molar-refractivity contribution in [2.75, 3.05) is 80.2 Å².